The third-order valence-electron chi connectivity index (χ3n) is 2.49. The van der Waals surface area contributed by atoms with E-state index in [2.05, 4.69) is 37.2 Å². The van der Waals surface area contributed by atoms with Gasteiger partial charge in [0.25, 0.3) is 0 Å². The van der Waals surface area contributed by atoms with Crippen molar-refractivity contribution in [2.24, 2.45) is 4.99 Å². The van der Waals surface area contributed by atoms with Crippen molar-refractivity contribution in [1.82, 2.24) is 5.32 Å². The second-order valence-corrected chi connectivity index (χ2v) is 3.96. The van der Waals surface area contributed by atoms with Gasteiger partial charge >= 0.3 is 0 Å². The molecule has 1 heterocycles. The van der Waals surface area contributed by atoms with Crippen molar-refractivity contribution in [1.29, 1.82) is 0 Å². The van der Waals surface area contributed by atoms with E-state index in [1.54, 1.807) is 0 Å². The van der Waals surface area contributed by atoms with Crippen LogP contribution in [0.3, 0.4) is 0 Å². The van der Waals surface area contributed by atoms with Gasteiger partial charge in [0.05, 0.1) is 5.70 Å². The predicted octanol–water partition coefficient (Wildman–Crippen LogP) is 3.19. The van der Waals surface area contributed by atoms with Crippen LogP contribution in [0.1, 0.15) is 33.6 Å². The molecular weight excluding hydrogens is 184 g/mol. The Balaban J connectivity index is 3.04. The van der Waals surface area contributed by atoms with Gasteiger partial charge in [0.2, 0.25) is 0 Å². The first-order valence-electron chi connectivity index (χ1n) is 5.44. The Morgan fingerprint density at radius 1 is 1.53 bits per heavy atom. The average molecular weight is 204 g/mol. The zero-order chi connectivity index (χ0) is 11.3. The second kappa shape index (κ2) is 5.54. The van der Waals surface area contributed by atoms with E-state index in [9.17, 15) is 0 Å². The van der Waals surface area contributed by atoms with E-state index in [4.69, 9.17) is 0 Å². The molecule has 1 N–H and O–H groups in total. The van der Waals surface area contributed by atoms with Crippen molar-refractivity contribution in [3.05, 3.63) is 34.7 Å². The minimum atomic E-state index is 0.920. The summed E-state index contributed by atoms with van der Waals surface area (Å²) in [5.41, 5.74) is 5.14. The number of rotatable bonds is 2. The Labute approximate surface area is 92.5 Å². The first kappa shape index (κ1) is 11.8. The number of hydrogen-bond donors (Lipinski definition) is 1. The highest BCUT2D eigenvalue weighted by atomic mass is 14.8. The highest BCUT2D eigenvalue weighted by Crippen LogP contribution is 2.22. The largest absolute Gasteiger partial charge is 0.393 e. The molecule has 0 unspecified atom stereocenters. The van der Waals surface area contributed by atoms with Crippen LogP contribution in [0, 0.1) is 0 Å². The molecule has 0 saturated carbocycles. The number of allylic oxidation sites excluding steroid dienone is 4. The second-order valence-electron chi connectivity index (χ2n) is 3.96. The van der Waals surface area contributed by atoms with E-state index in [0.29, 0.717) is 0 Å². The van der Waals surface area contributed by atoms with Gasteiger partial charge in [0.1, 0.15) is 0 Å². The molecule has 0 aliphatic carbocycles. The Bertz CT molecular complexity index is 340. The average Bonchev–Trinajstić information content (AvgIpc) is 2.41. The maximum Gasteiger partial charge on any atom is 0.0603 e. The normalized spacial score (nSPS) is 18.8. The lowest BCUT2D eigenvalue weighted by molar-refractivity contribution is 1.01. The van der Waals surface area contributed by atoms with E-state index in [1.807, 2.05) is 19.5 Å². The maximum absolute atomic E-state index is 4.47. The SMILES string of the molecule is CCC1=CC(=C(C)C)C/C(=C\NC)N=C1. The van der Waals surface area contributed by atoms with E-state index >= 15 is 0 Å². The van der Waals surface area contributed by atoms with Gasteiger partial charge in [-0.2, -0.15) is 0 Å². The molecule has 0 radical (unpaired) electrons. The molecule has 2 heteroatoms. The summed E-state index contributed by atoms with van der Waals surface area (Å²) in [5, 5.41) is 3.04. The van der Waals surface area contributed by atoms with E-state index < -0.39 is 0 Å². The monoisotopic (exact) mass is 204 g/mol. The Hall–Kier alpha value is -1.31. The predicted molar refractivity (Wildman–Crippen MR) is 67.0 cm³/mol. The lowest BCUT2D eigenvalue weighted by atomic mass is 10.0. The van der Waals surface area contributed by atoms with Crippen LogP contribution in [0.5, 0.6) is 0 Å². The summed E-state index contributed by atoms with van der Waals surface area (Å²) in [5.74, 6) is 0. The molecule has 82 valence electrons. The van der Waals surface area contributed by atoms with Gasteiger partial charge in [0.15, 0.2) is 0 Å². The molecule has 0 fully saturated rings. The van der Waals surface area contributed by atoms with E-state index in [-0.39, 0.29) is 0 Å². The minimum Gasteiger partial charge on any atom is -0.393 e. The molecule has 0 saturated heterocycles. The standard InChI is InChI=1S/C13H20N2/c1-5-11-6-12(10(2)3)7-13(9-14-4)15-8-11/h6,8-9,14H,5,7H2,1-4H3/b13-9+. The van der Waals surface area contributed by atoms with Crippen molar-refractivity contribution >= 4 is 6.21 Å². The fourth-order valence-electron chi connectivity index (χ4n) is 1.49. The van der Waals surface area contributed by atoms with Gasteiger partial charge in [-0.3, -0.25) is 4.99 Å². The van der Waals surface area contributed by atoms with Crippen molar-refractivity contribution in [2.75, 3.05) is 7.05 Å². The fourth-order valence-corrected chi connectivity index (χ4v) is 1.49. The third kappa shape index (κ3) is 3.39. The van der Waals surface area contributed by atoms with Crippen molar-refractivity contribution in [3.8, 4) is 0 Å². The number of aliphatic imine (C=N–C) groups is 1. The third-order valence-corrected chi connectivity index (χ3v) is 2.49. The van der Waals surface area contributed by atoms with Gasteiger partial charge in [-0.25, -0.2) is 0 Å². The molecule has 1 aliphatic heterocycles. The van der Waals surface area contributed by atoms with Gasteiger partial charge < -0.3 is 5.32 Å². The Morgan fingerprint density at radius 2 is 2.27 bits per heavy atom. The zero-order valence-electron chi connectivity index (χ0n) is 10.1. The van der Waals surface area contributed by atoms with Crippen LogP contribution >= 0.6 is 0 Å². The minimum absolute atomic E-state index is 0.920. The lowest BCUT2D eigenvalue weighted by Crippen LogP contribution is -1.96. The molecular formula is C13H20N2. The zero-order valence-corrected chi connectivity index (χ0v) is 10.1. The number of nitrogens with zero attached hydrogens (tertiary/aromatic N) is 1. The summed E-state index contributed by atoms with van der Waals surface area (Å²) >= 11 is 0. The Kier molecular flexibility index (Phi) is 4.35. The molecule has 1 aliphatic rings. The summed E-state index contributed by atoms with van der Waals surface area (Å²) in [6.45, 7) is 6.47. The van der Waals surface area contributed by atoms with Crippen molar-refractivity contribution < 1.29 is 0 Å². The summed E-state index contributed by atoms with van der Waals surface area (Å²) < 4.78 is 0. The molecule has 0 aromatic rings. The first-order chi connectivity index (χ1) is 7.17. The molecule has 0 aromatic heterocycles. The number of nitrogens with one attached hydrogen (secondary N) is 1. The van der Waals surface area contributed by atoms with Crippen LogP contribution in [0.2, 0.25) is 0 Å². The van der Waals surface area contributed by atoms with E-state index in [0.717, 1.165) is 18.5 Å². The topological polar surface area (TPSA) is 24.4 Å². The highest BCUT2D eigenvalue weighted by Gasteiger charge is 2.06. The fraction of sp³-hybridized carbons (Fsp3) is 0.462. The molecule has 0 atom stereocenters. The number of hydrogen-bond acceptors (Lipinski definition) is 2. The van der Waals surface area contributed by atoms with Gasteiger partial charge in [-0.05, 0) is 31.4 Å². The molecule has 1 rings (SSSR count). The smallest absolute Gasteiger partial charge is 0.0603 e. The summed E-state index contributed by atoms with van der Waals surface area (Å²) in [7, 11) is 1.91. The van der Waals surface area contributed by atoms with Crippen LogP contribution in [-0.2, 0) is 0 Å². The van der Waals surface area contributed by atoms with Crippen molar-refractivity contribution in [2.45, 2.75) is 33.6 Å². The van der Waals surface area contributed by atoms with Crippen LogP contribution in [0.15, 0.2) is 39.7 Å². The van der Waals surface area contributed by atoms with E-state index in [1.165, 1.54) is 16.7 Å². The van der Waals surface area contributed by atoms with Gasteiger partial charge in [-0.1, -0.05) is 18.6 Å². The van der Waals surface area contributed by atoms with Crippen LogP contribution < -0.4 is 5.32 Å². The maximum atomic E-state index is 4.47. The van der Waals surface area contributed by atoms with Gasteiger partial charge in [0, 0.05) is 25.9 Å². The molecule has 2 nitrogen and oxygen atoms in total. The Morgan fingerprint density at radius 3 is 2.80 bits per heavy atom. The molecule has 0 amide bonds. The van der Waals surface area contributed by atoms with Crippen LogP contribution in [-0.4, -0.2) is 13.3 Å². The van der Waals surface area contributed by atoms with Gasteiger partial charge in [-0.15, -0.1) is 0 Å². The molecule has 0 aromatic carbocycles. The lowest BCUT2D eigenvalue weighted by Gasteiger charge is -2.04. The molecule has 15 heavy (non-hydrogen) atoms. The first-order valence-corrected chi connectivity index (χ1v) is 5.44. The molecule has 0 spiro atoms. The highest BCUT2D eigenvalue weighted by molar-refractivity contribution is 5.81. The summed E-state index contributed by atoms with van der Waals surface area (Å²) in [4.78, 5) is 4.47. The summed E-state index contributed by atoms with van der Waals surface area (Å²) in [6, 6.07) is 0. The van der Waals surface area contributed by atoms with Crippen molar-refractivity contribution in [3.63, 3.8) is 0 Å². The molecule has 0 bridgehead atoms. The summed E-state index contributed by atoms with van der Waals surface area (Å²) in [6.07, 6.45) is 8.15. The quantitative estimate of drug-likeness (QED) is 0.734. The van der Waals surface area contributed by atoms with Crippen LogP contribution in [0.4, 0.5) is 0 Å². The van der Waals surface area contributed by atoms with Crippen LogP contribution in [0.25, 0.3) is 0 Å².